The molecule has 0 aliphatic rings. The Morgan fingerprint density at radius 1 is 1.15 bits per heavy atom. The maximum Gasteiger partial charge on any atom is 0.326 e. The average molecular weight is 375 g/mol. The fourth-order valence-electron chi connectivity index (χ4n) is 2.11. The molecule has 0 saturated carbocycles. The van der Waals surface area contributed by atoms with Crippen molar-refractivity contribution in [1.82, 2.24) is 15.3 Å². The minimum Gasteiger partial charge on any atom is -0.308 e. The number of guanidine groups is 1. The van der Waals surface area contributed by atoms with Crippen LogP contribution in [-0.4, -0.2) is 28.5 Å². The second-order valence-corrected chi connectivity index (χ2v) is 6.71. The van der Waals surface area contributed by atoms with E-state index in [1.165, 1.54) is 0 Å². The zero-order valence-corrected chi connectivity index (χ0v) is 16.1. The number of hydrogen-bond donors (Lipinski definition) is 3. The Morgan fingerprint density at radius 2 is 1.85 bits per heavy atom. The number of aliphatic imine (C=N–C) groups is 1. The number of rotatable bonds is 4. The fourth-order valence-corrected chi connectivity index (χ4v) is 2.30. The van der Waals surface area contributed by atoms with Crippen LogP contribution in [-0.2, 0) is 0 Å². The number of aromatic nitrogens is 2. The summed E-state index contributed by atoms with van der Waals surface area (Å²) < 4.78 is 0. The van der Waals surface area contributed by atoms with Crippen LogP contribution in [0.15, 0.2) is 35.3 Å². The molecule has 0 fully saturated rings. The summed E-state index contributed by atoms with van der Waals surface area (Å²) in [7, 11) is 0. The molecule has 26 heavy (non-hydrogen) atoms. The highest BCUT2D eigenvalue weighted by molar-refractivity contribution is 6.30. The van der Waals surface area contributed by atoms with Gasteiger partial charge in [-0.25, -0.2) is 14.8 Å². The van der Waals surface area contributed by atoms with Crippen LogP contribution in [0.25, 0.3) is 0 Å². The molecule has 1 aromatic heterocycles. The molecule has 2 aromatic rings. The van der Waals surface area contributed by atoms with E-state index in [0.717, 1.165) is 11.4 Å². The number of benzene rings is 1. The van der Waals surface area contributed by atoms with Crippen LogP contribution in [0, 0.1) is 19.8 Å². The molecule has 0 unspecified atom stereocenters. The van der Waals surface area contributed by atoms with E-state index in [0.29, 0.717) is 29.1 Å². The van der Waals surface area contributed by atoms with Gasteiger partial charge in [-0.15, -0.1) is 0 Å². The Bertz CT molecular complexity index is 786. The smallest absolute Gasteiger partial charge is 0.308 e. The Balaban J connectivity index is 2.11. The van der Waals surface area contributed by atoms with Crippen molar-refractivity contribution < 1.29 is 4.79 Å². The molecule has 2 amide bonds. The number of hydrogen-bond acceptors (Lipinski definition) is 4. The maximum absolute atomic E-state index is 12.3. The molecule has 0 saturated heterocycles. The van der Waals surface area contributed by atoms with E-state index in [1.807, 2.05) is 33.8 Å². The molecule has 0 aliphatic carbocycles. The summed E-state index contributed by atoms with van der Waals surface area (Å²) >= 11 is 5.93. The first-order valence-corrected chi connectivity index (χ1v) is 8.67. The minimum atomic E-state index is -0.438. The number of urea groups is 1. The molecule has 0 atom stereocenters. The highest BCUT2D eigenvalue weighted by atomic mass is 35.5. The van der Waals surface area contributed by atoms with E-state index < -0.39 is 6.03 Å². The summed E-state index contributed by atoms with van der Waals surface area (Å²) in [5.74, 6) is 1.00. The first kappa shape index (κ1) is 19.7. The van der Waals surface area contributed by atoms with Crippen molar-refractivity contribution in [3.8, 4) is 0 Å². The number of aryl methyl sites for hydroxylation is 2. The summed E-state index contributed by atoms with van der Waals surface area (Å²) in [5.41, 5.74) is 2.24. The first-order chi connectivity index (χ1) is 12.3. The monoisotopic (exact) mass is 374 g/mol. The van der Waals surface area contributed by atoms with Crippen LogP contribution in [0.3, 0.4) is 0 Å². The molecular weight excluding hydrogens is 352 g/mol. The fraction of sp³-hybridized carbons (Fsp3) is 0.333. The predicted octanol–water partition coefficient (Wildman–Crippen LogP) is 3.99. The van der Waals surface area contributed by atoms with Gasteiger partial charge in [-0.1, -0.05) is 31.5 Å². The van der Waals surface area contributed by atoms with Crippen LogP contribution in [0.1, 0.15) is 25.2 Å². The van der Waals surface area contributed by atoms with Gasteiger partial charge in [0.05, 0.1) is 0 Å². The summed E-state index contributed by atoms with van der Waals surface area (Å²) in [6.45, 7) is 8.39. The Kier molecular flexibility index (Phi) is 6.91. The van der Waals surface area contributed by atoms with Crippen molar-refractivity contribution in [3.63, 3.8) is 0 Å². The molecule has 0 bridgehead atoms. The maximum atomic E-state index is 12.3. The number of halogens is 1. The zero-order valence-electron chi connectivity index (χ0n) is 15.3. The van der Waals surface area contributed by atoms with Gasteiger partial charge in [0.15, 0.2) is 0 Å². The number of nitrogens with one attached hydrogen (secondary N) is 3. The second-order valence-electron chi connectivity index (χ2n) is 6.27. The van der Waals surface area contributed by atoms with E-state index in [2.05, 4.69) is 30.9 Å². The first-order valence-electron chi connectivity index (χ1n) is 8.29. The van der Waals surface area contributed by atoms with Crippen molar-refractivity contribution in [3.05, 3.63) is 46.7 Å². The van der Waals surface area contributed by atoms with Gasteiger partial charge >= 0.3 is 6.03 Å². The van der Waals surface area contributed by atoms with Crippen molar-refractivity contribution in [1.29, 1.82) is 0 Å². The number of anilines is 2. The van der Waals surface area contributed by atoms with Crippen molar-refractivity contribution >= 4 is 35.2 Å². The molecule has 0 radical (unpaired) electrons. The summed E-state index contributed by atoms with van der Waals surface area (Å²) in [4.78, 5) is 25.3. The van der Waals surface area contributed by atoms with Crippen LogP contribution in [0.2, 0.25) is 5.02 Å². The molecular formula is C18H23ClN6O. The third kappa shape index (κ3) is 6.68. The summed E-state index contributed by atoms with van der Waals surface area (Å²) in [5, 5.41) is 8.92. The van der Waals surface area contributed by atoms with Gasteiger partial charge in [-0.3, -0.25) is 15.6 Å². The topological polar surface area (TPSA) is 91.3 Å². The molecule has 8 heteroatoms. The van der Waals surface area contributed by atoms with Gasteiger partial charge in [0, 0.05) is 28.6 Å². The highest BCUT2D eigenvalue weighted by Gasteiger charge is 2.10. The largest absolute Gasteiger partial charge is 0.326 e. The van der Waals surface area contributed by atoms with Gasteiger partial charge in [0.2, 0.25) is 11.9 Å². The lowest BCUT2D eigenvalue weighted by Crippen LogP contribution is -2.39. The quantitative estimate of drug-likeness (QED) is 0.557. The molecule has 138 valence electrons. The van der Waals surface area contributed by atoms with E-state index in [1.54, 1.807) is 24.3 Å². The SMILES string of the molecule is Cc1cc(C)nc(NC(=NCC(C)C)NC(=O)Nc2cccc(Cl)c2)n1. The van der Waals surface area contributed by atoms with Crippen LogP contribution in [0.5, 0.6) is 0 Å². The van der Waals surface area contributed by atoms with Crippen molar-refractivity contribution in [2.75, 3.05) is 17.2 Å². The van der Waals surface area contributed by atoms with Gasteiger partial charge < -0.3 is 5.32 Å². The molecule has 7 nitrogen and oxygen atoms in total. The number of carbonyl (C=O) groups is 1. The molecule has 1 aromatic carbocycles. The molecule has 2 rings (SSSR count). The summed E-state index contributed by atoms with van der Waals surface area (Å²) in [6.07, 6.45) is 0. The Labute approximate surface area is 158 Å². The summed E-state index contributed by atoms with van der Waals surface area (Å²) in [6, 6.07) is 8.33. The Hall–Kier alpha value is -2.67. The second kappa shape index (κ2) is 9.15. The van der Waals surface area contributed by atoms with Crippen molar-refractivity contribution in [2.24, 2.45) is 10.9 Å². The standard InChI is InChI=1S/C18H23ClN6O/c1-11(2)10-20-16(24-17-21-12(3)8-13(4)22-17)25-18(26)23-15-7-5-6-14(19)9-15/h5-9,11H,10H2,1-4H3,(H3,20,21,22,23,24,25,26). The third-order valence-electron chi connectivity index (χ3n) is 3.14. The molecule has 1 heterocycles. The van der Waals surface area contributed by atoms with Gasteiger partial charge in [-0.05, 0) is 44.0 Å². The lowest BCUT2D eigenvalue weighted by atomic mass is 10.2. The van der Waals surface area contributed by atoms with Crippen LogP contribution < -0.4 is 16.0 Å². The van der Waals surface area contributed by atoms with E-state index in [-0.39, 0.29) is 5.96 Å². The zero-order chi connectivity index (χ0) is 19.1. The lowest BCUT2D eigenvalue weighted by Gasteiger charge is -2.13. The van der Waals surface area contributed by atoms with Gasteiger partial charge in [-0.2, -0.15) is 0 Å². The molecule has 3 N–H and O–H groups in total. The minimum absolute atomic E-state index is 0.281. The van der Waals surface area contributed by atoms with E-state index in [9.17, 15) is 4.79 Å². The van der Waals surface area contributed by atoms with Crippen molar-refractivity contribution in [2.45, 2.75) is 27.7 Å². The predicted molar refractivity (Wildman–Crippen MR) is 106 cm³/mol. The third-order valence-corrected chi connectivity index (χ3v) is 3.38. The normalized spacial score (nSPS) is 11.4. The highest BCUT2D eigenvalue weighted by Crippen LogP contribution is 2.14. The van der Waals surface area contributed by atoms with E-state index in [4.69, 9.17) is 11.6 Å². The number of amides is 2. The molecule has 0 spiro atoms. The lowest BCUT2D eigenvalue weighted by molar-refractivity contribution is 0.256. The molecule has 0 aliphatic heterocycles. The van der Waals surface area contributed by atoms with E-state index >= 15 is 0 Å². The van der Waals surface area contributed by atoms with Gasteiger partial charge in [0.25, 0.3) is 0 Å². The number of nitrogens with zero attached hydrogens (tertiary/aromatic N) is 3. The number of carbonyl (C=O) groups excluding carboxylic acids is 1. The average Bonchev–Trinajstić information content (AvgIpc) is 2.51. The van der Waals surface area contributed by atoms with Crippen LogP contribution >= 0.6 is 11.6 Å². The van der Waals surface area contributed by atoms with Crippen LogP contribution in [0.4, 0.5) is 16.4 Å². The van der Waals surface area contributed by atoms with Gasteiger partial charge in [0.1, 0.15) is 0 Å². The Morgan fingerprint density at radius 3 is 2.46 bits per heavy atom.